The van der Waals surface area contributed by atoms with E-state index >= 15 is 0 Å². The van der Waals surface area contributed by atoms with Gasteiger partial charge < -0.3 is 10.2 Å². The van der Waals surface area contributed by atoms with E-state index in [9.17, 15) is 22.4 Å². The Balaban J connectivity index is 2.39. The zero-order valence-corrected chi connectivity index (χ0v) is 21.6. The van der Waals surface area contributed by atoms with Crippen LogP contribution in [0.15, 0.2) is 42.5 Å². The molecule has 0 heterocycles. The summed E-state index contributed by atoms with van der Waals surface area (Å²) in [5, 5.41) is 3.14. The first-order valence-corrected chi connectivity index (χ1v) is 13.3. The van der Waals surface area contributed by atoms with Gasteiger partial charge in [0.1, 0.15) is 18.4 Å². The predicted molar refractivity (Wildman–Crippen MR) is 133 cm³/mol. The van der Waals surface area contributed by atoms with Gasteiger partial charge >= 0.3 is 0 Å². The third-order valence-corrected chi connectivity index (χ3v) is 6.69. The van der Waals surface area contributed by atoms with Crippen LogP contribution in [-0.4, -0.2) is 50.5 Å². The van der Waals surface area contributed by atoms with Crippen molar-refractivity contribution in [1.82, 2.24) is 10.2 Å². The van der Waals surface area contributed by atoms with Crippen LogP contribution >= 0.6 is 23.2 Å². The number of nitrogens with zero attached hydrogens (tertiary/aromatic N) is 2. The monoisotopic (exact) mass is 531 g/mol. The highest BCUT2D eigenvalue weighted by Gasteiger charge is 2.30. The van der Waals surface area contributed by atoms with Gasteiger partial charge in [0.15, 0.2) is 0 Å². The van der Waals surface area contributed by atoms with E-state index in [1.807, 2.05) is 6.92 Å². The molecule has 2 amide bonds. The van der Waals surface area contributed by atoms with E-state index in [0.29, 0.717) is 6.54 Å². The average Bonchev–Trinajstić information content (AvgIpc) is 2.74. The minimum atomic E-state index is -3.93. The van der Waals surface area contributed by atoms with Crippen molar-refractivity contribution >= 4 is 50.7 Å². The van der Waals surface area contributed by atoms with Gasteiger partial charge in [0.2, 0.25) is 21.8 Å². The van der Waals surface area contributed by atoms with Crippen LogP contribution in [0.2, 0.25) is 10.0 Å². The highest BCUT2D eigenvalue weighted by Crippen LogP contribution is 2.27. The van der Waals surface area contributed by atoms with E-state index in [2.05, 4.69) is 5.32 Å². The molecule has 0 aromatic heterocycles. The number of nitrogens with one attached hydrogen (secondary N) is 1. The molecular weight excluding hydrogens is 504 g/mol. The first-order valence-electron chi connectivity index (χ1n) is 10.7. The smallest absolute Gasteiger partial charge is 0.244 e. The molecule has 0 saturated heterocycles. The zero-order valence-electron chi connectivity index (χ0n) is 19.2. The van der Waals surface area contributed by atoms with Gasteiger partial charge in [-0.2, -0.15) is 0 Å². The van der Waals surface area contributed by atoms with Crippen LogP contribution in [0, 0.1) is 5.82 Å². The van der Waals surface area contributed by atoms with E-state index in [0.717, 1.165) is 28.3 Å². The number of amides is 2. The molecule has 0 saturated carbocycles. The first kappa shape index (κ1) is 27.9. The fourth-order valence-corrected chi connectivity index (χ4v) is 4.57. The lowest BCUT2D eigenvalue weighted by Crippen LogP contribution is -2.51. The molecule has 0 aliphatic heterocycles. The number of benzene rings is 2. The minimum Gasteiger partial charge on any atom is -0.354 e. The van der Waals surface area contributed by atoms with Crippen LogP contribution in [0.3, 0.4) is 0 Å². The quantitative estimate of drug-likeness (QED) is 0.439. The highest BCUT2D eigenvalue weighted by molar-refractivity contribution is 7.92. The van der Waals surface area contributed by atoms with Crippen molar-refractivity contribution in [2.75, 3.05) is 23.7 Å². The van der Waals surface area contributed by atoms with Crippen LogP contribution in [0.1, 0.15) is 32.3 Å². The van der Waals surface area contributed by atoms with E-state index in [1.165, 1.54) is 43.3 Å². The summed E-state index contributed by atoms with van der Waals surface area (Å²) in [6.07, 6.45) is 2.58. The fraction of sp³-hybridized carbons (Fsp3) is 0.391. The van der Waals surface area contributed by atoms with Gasteiger partial charge in [-0.1, -0.05) is 54.7 Å². The SMILES string of the molecule is CCCCNC(=O)[C@@H](C)N(Cc1ccccc1F)C(=O)CN(c1cc(Cl)cc(Cl)c1)S(C)(=O)=O. The summed E-state index contributed by atoms with van der Waals surface area (Å²) in [6, 6.07) is 9.07. The summed E-state index contributed by atoms with van der Waals surface area (Å²) in [5.41, 5.74) is 0.292. The zero-order chi connectivity index (χ0) is 25.5. The summed E-state index contributed by atoms with van der Waals surface area (Å²) in [7, 11) is -3.93. The Morgan fingerprint density at radius 1 is 1.12 bits per heavy atom. The number of sulfonamides is 1. The maximum absolute atomic E-state index is 14.4. The largest absolute Gasteiger partial charge is 0.354 e. The molecule has 0 spiro atoms. The minimum absolute atomic E-state index is 0.0965. The van der Waals surface area contributed by atoms with E-state index < -0.39 is 40.2 Å². The summed E-state index contributed by atoms with van der Waals surface area (Å²) < 4.78 is 40.3. The van der Waals surface area contributed by atoms with Gasteiger partial charge in [-0.25, -0.2) is 12.8 Å². The maximum atomic E-state index is 14.4. The average molecular weight is 532 g/mol. The predicted octanol–water partition coefficient (Wildman–Crippen LogP) is 4.23. The Bertz CT molecular complexity index is 1110. The molecule has 2 aromatic carbocycles. The van der Waals surface area contributed by atoms with Gasteiger partial charge in [-0.15, -0.1) is 0 Å². The van der Waals surface area contributed by atoms with Crippen LogP contribution in [0.25, 0.3) is 0 Å². The summed E-state index contributed by atoms with van der Waals surface area (Å²) >= 11 is 12.0. The van der Waals surface area contributed by atoms with E-state index in [4.69, 9.17) is 23.2 Å². The summed E-state index contributed by atoms with van der Waals surface area (Å²) in [5.74, 6) is -1.65. The molecule has 2 rings (SSSR count). The third kappa shape index (κ3) is 7.85. The Morgan fingerprint density at radius 3 is 2.29 bits per heavy atom. The van der Waals surface area contributed by atoms with E-state index in [1.54, 1.807) is 6.07 Å². The fourth-order valence-electron chi connectivity index (χ4n) is 3.23. The molecule has 0 bridgehead atoms. The van der Waals surface area contributed by atoms with Crippen molar-refractivity contribution in [3.63, 3.8) is 0 Å². The van der Waals surface area contributed by atoms with E-state index in [-0.39, 0.29) is 27.8 Å². The number of anilines is 1. The Labute approximate surface area is 209 Å². The van der Waals surface area contributed by atoms with Crippen molar-refractivity contribution in [3.05, 3.63) is 63.9 Å². The summed E-state index contributed by atoms with van der Waals surface area (Å²) in [6.45, 7) is 3.07. The molecule has 0 aliphatic carbocycles. The van der Waals surface area contributed by atoms with Crippen LogP contribution in [-0.2, 0) is 26.2 Å². The molecule has 0 unspecified atom stereocenters. The number of hydrogen-bond acceptors (Lipinski definition) is 4. The van der Waals surface area contributed by atoms with Crippen molar-refractivity contribution < 1.29 is 22.4 Å². The molecule has 2 aromatic rings. The van der Waals surface area contributed by atoms with Crippen molar-refractivity contribution in [1.29, 1.82) is 0 Å². The lowest BCUT2D eigenvalue weighted by atomic mass is 10.1. The lowest BCUT2D eigenvalue weighted by molar-refractivity contribution is -0.139. The third-order valence-electron chi connectivity index (χ3n) is 5.11. The maximum Gasteiger partial charge on any atom is 0.244 e. The topological polar surface area (TPSA) is 86.8 Å². The second-order valence-electron chi connectivity index (χ2n) is 7.83. The molecule has 1 atom stereocenters. The highest BCUT2D eigenvalue weighted by atomic mass is 35.5. The number of unbranched alkanes of at least 4 members (excludes halogenated alkanes) is 1. The van der Waals surface area contributed by atoms with Crippen molar-refractivity contribution in [3.8, 4) is 0 Å². The van der Waals surface area contributed by atoms with Gasteiger partial charge in [-0.05, 0) is 37.6 Å². The second-order valence-corrected chi connectivity index (χ2v) is 10.6. The molecule has 0 fully saturated rings. The van der Waals surface area contributed by atoms with Crippen molar-refractivity contribution in [2.24, 2.45) is 0 Å². The molecule has 7 nitrogen and oxygen atoms in total. The number of halogens is 3. The lowest BCUT2D eigenvalue weighted by Gasteiger charge is -2.31. The van der Waals surface area contributed by atoms with Gasteiger partial charge in [0, 0.05) is 28.7 Å². The molecule has 0 aliphatic rings. The molecule has 11 heteroatoms. The molecule has 0 radical (unpaired) electrons. The molecule has 34 heavy (non-hydrogen) atoms. The standard InChI is InChI=1S/C23H28Cl2FN3O4S/c1-4-5-10-27-23(31)16(2)28(14-17-8-6-7-9-21(17)26)22(30)15-29(34(3,32)33)20-12-18(24)11-19(25)13-20/h6-9,11-13,16H,4-5,10,14-15H2,1-3H3,(H,27,31)/t16-/m1/s1. The molecular formula is C23H28Cl2FN3O4S. The number of hydrogen-bond donors (Lipinski definition) is 1. The summed E-state index contributed by atoms with van der Waals surface area (Å²) in [4.78, 5) is 27.3. The van der Waals surface area contributed by atoms with Gasteiger partial charge in [-0.3, -0.25) is 13.9 Å². The number of rotatable bonds is 11. The Kier molecular flexibility index (Phi) is 10.1. The Hall–Kier alpha value is -2.36. The molecule has 1 N–H and O–H groups in total. The van der Waals surface area contributed by atoms with Crippen LogP contribution in [0.4, 0.5) is 10.1 Å². The normalized spacial score (nSPS) is 12.2. The number of carbonyl (C=O) groups is 2. The Morgan fingerprint density at radius 2 is 1.74 bits per heavy atom. The molecule has 186 valence electrons. The van der Waals surface area contributed by atoms with Crippen molar-refractivity contribution in [2.45, 2.75) is 39.3 Å². The van der Waals surface area contributed by atoms with Gasteiger partial charge in [0.25, 0.3) is 0 Å². The first-order chi connectivity index (χ1) is 15.9. The van der Waals surface area contributed by atoms with Crippen LogP contribution in [0.5, 0.6) is 0 Å². The van der Waals surface area contributed by atoms with Gasteiger partial charge in [0.05, 0.1) is 11.9 Å². The second kappa shape index (κ2) is 12.4. The van der Waals surface area contributed by atoms with Crippen LogP contribution < -0.4 is 9.62 Å². The number of carbonyl (C=O) groups excluding carboxylic acids is 2.